The number of piperazine rings is 1. The number of H-pyrrole nitrogens is 1. The van der Waals surface area contributed by atoms with E-state index in [1.807, 2.05) is 24.4 Å². The molecule has 1 saturated heterocycles. The molecule has 0 aliphatic carbocycles. The molecule has 0 radical (unpaired) electrons. The van der Waals surface area contributed by atoms with Gasteiger partial charge in [0.15, 0.2) is 0 Å². The molecule has 0 bridgehead atoms. The van der Waals surface area contributed by atoms with Crippen LogP contribution in [0.3, 0.4) is 0 Å². The number of aromatic nitrogens is 2. The summed E-state index contributed by atoms with van der Waals surface area (Å²) in [5.41, 5.74) is 3.11. The summed E-state index contributed by atoms with van der Waals surface area (Å²) < 4.78 is 0. The number of carbonyl (C=O) groups is 1. The van der Waals surface area contributed by atoms with Crippen LogP contribution in [0.5, 0.6) is 0 Å². The summed E-state index contributed by atoms with van der Waals surface area (Å²) >= 11 is 0. The Kier molecular flexibility index (Phi) is 4.61. The lowest BCUT2D eigenvalue weighted by molar-refractivity contribution is -0.133. The van der Waals surface area contributed by atoms with Gasteiger partial charge in [0.2, 0.25) is 5.91 Å². The van der Waals surface area contributed by atoms with Gasteiger partial charge in [-0.3, -0.25) is 4.79 Å². The van der Waals surface area contributed by atoms with Crippen LogP contribution in [0.25, 0.3) is 11.0 Å². The SMILES string of the molecule is CCC1CN(c2ccccc2)CCN1C(=O)Cc1c[nH]c2ncccc12. The van der Waals surface area contributed by atoms with E-state index in [0.29, 0.717) is 6.42 Å². The van der Waals surface area contributed by atoms with E-state index in [4.69, 9.17) is 0 Å². The minimum absolute atomic E-state index is 0.203. The number of nitrogens with one attached hydrogen (secondary N) is 1. The van der Waals surface area contributed by atoms with Crippen LogP contribution < -0.4 is 4.90 Å². The Hall–Kier alpha value is -2.82. The molecule has 5 nitrogen and oxygen atoms in total. The Balaban J connectivity index is 1.48. The first-order chi connectivity index (χ1) is 12.8. The summed E-state index contributed by atoms with van der Waals surface area (Å²) in [7, 11) is 0. The number of para-hydroxylation sites is 1. The molecule has 1 aliphatic heterocycles. The Bertz CT molecular complexity index is 889. The first kappa shape index (κ1) is 16.6. The molecule has 0 spiro atoms. The van der Waals surface area contributed by atoms with E-state index in [9.17, 15) is 4.79 Å². The van der Waals surface area contributed by atoms with Gasteiger partial charge >= 0.3 is 0 Å². The molecule has 3 heterocycles. The number of hydrogen-bond acceptors (Lipinski definition) is 3. The van der Waals surface area contributed by atoms with E-state index >= 15 is 0 Å². The molecule has 1 N–H and O–H groups in total. The zero-order valence-electron chi connectivity index (χ0n) is 15.1. The third kappa shape index (κ3) is 3.17. The molecule has 1 fully saturated rings. The lowest BCUT2D eigenvalue weighted by Gasteiger charge is -2.42. The third-order valence-corrected chi connectivity index (χ3v) is 5.27. The molecule has 4 rings (SSSR count). The number of nitrogens with zero attached hydrogens (tertiary/aromatic N) is 3. The van der Waals surface area contributed by atoms with E-state index < -0.39 is 0 Å². The number of rotatable bonds is 4. The highest BCUT2D eigenvalue weighted by atomic mass is 16.2. The Morgan fingerprint density at radius 1 is 1.19 bits per heavy atom. The summed E-state index contributed by atoms with van der Waals surface area (Å²) in [6.07, 6.45) is 5.06. The monoisotopic (exact) mass is 348 g/mol. The second kappa shape index (κ2) is 7.20. The highest BCUT2D eigenvalue weighted by Crippen LogP contribution is 2.22. The average Bonchev–Trinajstić information content (AvgIpc) is 3.11. The number of carbonyl (C=O) groups excluding carboxylic acids is 1. The molecule has 0 saturated carbocycles. The zero-order chi connectivity index (χ0) is 17.9. The van der Waals surface area contributed by atoms with Crippen LogP contribution >= 0.6 is 0 Å². The van der Waals surface area contributed by atoms with Crippen molar-refractivity contribution in [3.8, 4) is 0 Å². The van der Waals surface area contributed by atoms with Crippen molar-refractivity contribution in [3.63, 3.8) is 0 Å². The molecule has 26 heavy (non-hydrogen) atoms. The fourth-order valence-electron chi connectivity index (χ4n) is 3.83. The molecule has 1 atom stereocenters. The van der Waals surface area contributed by atoms with Gasteiger partial charge in [0, 0.05) is 49.1 Å². The van der Waals surface area contributed by atoms with Crippen LogP contribution in [-0.4, -0.2) is 46.5 Å². The van der Waals surface area contributed by atoms with Crippen molar-refractivity contribution in [2.24, 2.45) is 0 Å². The molecule has 5 heteroatoms. The van der Waals surface area contributed by atoms with Crippen LogP contribution in [0.4, 0.5) is 5.69 Å². The Morgan fingerprint density at radius 2 is 2.04 bits per heavy atom. The molecular weight excluding hydrogens is 324 g/mol. The number of benzene rings is 1. The van der Waals surface area contributed by atoms with Gasteiger partial charge in [-0.05, 0) is 36.2 Å². The minimum Gasteiger partial charge on any atom is -0.368 e. The van der Waals surface area contributed by atoms with Crippen molar-refractivity contribution in [2.45, 2.75) is 25.8 Å². The maximum Gasteiger partial charge on any atom is 0.227 e. The highest BCUT2D eigenvalue weighted by Gasteiger charge is 2.29. The topological polar surface area (TPSA) is 52.2 Å². The molecule has 3 aromatic rings. The summed E-state index contributed by atoms with van der Waals surface area (Å²) in [4.78, 5) is 24.9. The minimum atomic E-state index is 0.203. The first-order valence-electron chi connectivity index (χ1n) is 9.26. The fourth-order valence-corrected chi connectivity index (χ4v) is 3.83. The van der Waals surface area contributed by atoms with Gasteiger partial charge in [-0.2, -0.15) is 0 Å². The number of hydrogen-bond donors (Lipinski definition) is 1. The second-order valence-electron chi connectivity index (χ2n) is 6.82. The van der Waals surface area contributed by atoms with Crippen LogP contribution in [0.2, 0.25) is 0 Å². The Labute approximate surface area is 153 Å². The normalized spacial score (nSPS) is 17.7. The van der Waals surface area contributed by atoms with E-state index in [1.165, 1.54) is 5.69 Å². The lowest BCUT2D eigenvalue weighted by atomic mass is 10.1. The predicted molar refractivity (Wildman–Crippen MR) is 104 cm³/mol. The van der Waals surface area contributed by atoms with Crippen LogP contribution in [0.1, 0.15) is 18.9 Å². The van der Waals surface area contributed by atoms with Crippen LogP contribution in [0.15, 0.2) is 54.9 Å². The second-order valence-corrected chi connectivity index (χ2v) is 6.82. The Morgan fingerprint density at radius 3 is 2.85 bits per heavy atom. The van der Waals surface area contributed by atoms with Gasteiger partial charge in [-0.15, -0.1) is 0 Å². The average molecular weight is 348 g/mol. The summed E-state index contributed by atoms with van der Waals surface area (Å²) in [6, 6.07) is 14.6. The van der Waals surface area contributed by atoms with Crippen molar-refractivity contribution >= 4 is 22.6 Å². The van der Waals surface area contributed by atoms with Crippen molar-refractivity contribution in [3.05, 3.63) is 60.4 Å². The largest absolute Gasteiger partial charge is 0.368 e. The van der Waals surface area contributed by atoms with Crippen molar-refractivity contribution in [2.75, 3.05) is 24.5 Å². The summed E-state index contributed by atoms with van der Waals surface area (Å²) in [5.74, 6) is 0.203. The van der Waals surface area contributed by atoms with E-state index in [2.05, 4.69) is 51.0 Å². The van der Waals surface area contributed by atoms with Gasteiger partial charge in [-0.1, -0.05) is 25.1 Å². The van der Waals surface area contributed by atoms with Gasteiger partial charge in [0.05, 0.1) is 6.42 Å². The first-order valence-corrected chi connectivity index (χ1v) is 9.26. The number of anilines is 1. The molecule has 2 aromatic heterocycles. The van der Waals surface area contributed by atoms with Crippen molar-refractivity contribution in [1.29, 1.82) is 0 Å². The maximum absolute atomic E-state index is 13.0. The molecule has 134 valence electrons. The standard InChI is InChI=1S/C21H24N4O/c1-2-17-15-24(18-7-4-3-5-8-18)11-12-25(17)20(26)13-16-14-23-21-19(16)9-6-10-22-21/h3-10,14,17H,2,11-13,15H2,1H3,(H,22,23). The third-order valence-electron chi connectivity index (χ3n) is 5.27. The van der Waals surface area contributed by atoms with E-state index in [1.54, 1.807) is 6.20 Å². The number of amides is 1. The summed E-state index contributed by atoms with van der Waals surface area (Å²) in [6.45, 7) is 4.70. The summed E-state index contributed by atoms with van der Waals surface area (Å²) in [5, 5.41) is 1.04. The van der Waals surface area contributed by atoms with Gasteiger partial charge < -0.3 is 14.8 Å². The van der Waals surface area contributed by atoms with E-state index in [-0.39, 0.29) is 11.9 Å². The quantitative estimate of drug-likeness (QED) is 0.787. The fraction of sp³-hybridized carbons (Fsp3) is 0.333. The number of pyridine rings is 1. The van der Waals surface area contributed by atoms with E-state index in [0.717, 1.165) is 42.7 Å². The zero-order valence-corrected chi connectivity index (χ0v) is 15.1. The van der Waals surface area contributed by atoms with Crippen LogP contribution in [0, 0.1) is 0 Å². The van der Waals surface area contributed by atoms with Crippen molar-refractivity contribution in [1.82, 2.24) is 14.9 Å². The van der Waals surface area contributed by atoms with Crippen LogP contribution in [-0.2, 0) is 11.2 Å². The smallest absolute Gasteiger partial charge is 0.227 e. The lowest BCUT2D eigenvalue weighted by Crippen LogP contribution is -2.55. The molecule has 1 aliphatic rings. The number of fused-ring (bicyclic) bond motifs is 1. The van der Waals surface area contributed by atoms with Gasteiger partial charge in [0.1, 0.15) is 5.65 Å². The number of aromatic amines is 1. The van der Waals surface area contributed by atoms with Gasteiger partial charge in [-0.25, -0.2) is 4.98 Å². The van der Waals surface area contributed by atoms with Crippen molar-refractivity contribution < 1.29 is 4.79 Å². The van der Waals surface area contributed by atoms with Gasteiger partial charge in [0.25, 0.3) is 0 Å². The maximum atomic E-state index is 13.0. The molecule has 1 unspecified atom stereocenters. The molecule has 1 amide bonds. The predicted octanol–water partition coefficient (Wildman–Crippen LogP) is 3.23. The highest BCUT2D eigenvalue weighted by molar-refractivity contribution is 5.87. The molecule has 1 aromatic carbocycles. The molecular formula is C21H24N4O.